The molecule has 0 spiro atoms. The zero-order chi connectivity index (χ0) is 12.8. The molecule has 94 valence electrons. The fourth-order valence-corrected chi connectivity index (χ4v) is 2.85. The van der Waals surface area contributed by atoms with Crippen molar-refractivity contribution in [3.8, 4) is 0 Å². The molecular weight excluding hydrogens is 222 g/mol. The Balaban J connectivity index is 1.92. The molecule has 1 aromatic heterocycles. The fourth-order valence-electron chi connectivity index (χ4n) is 2.85. The Morgan fingerprint density at radius 2 is 2.06 bits per heavy atom. The lowest BCUT2D eigenvalue weighted by Crippen LogP contribution is -2.64. The molecule has 0 saturated carbocycles. The first-order valence-corrected chi connectivity index (χ1v) is 6.40. The van der Waals surface area contributed by atoms with E-state index in [9.17, 15) is 0 Å². The summed E-state index contributed by atoms with van der Waals surface area (Å²) in [5.74, 6) is 0. The third-order valence-electron chi connectivity index (χ3n) is 3.49. The maximum atomic E-state index is 6.05. The van der Waals surface area contributed by atoms with Gasteiger partial charge in [-0.15, -0.1) is 0 Å². The Bertz CT molecular complexity index is 581. The smallest absolute Gasteiger partial charge is 0.0708 e. The number of fused-ring (bicyclic) bond motifs is 1. The predicted octanol–water partition coefficient (Wildman–Crippen LogP) is 2.08. The lowest BCUT2D eigenvalue weighted by atomic mass is 9.93. The number of aryl methyl sites for hydroxylation is 1. The van der Waals surface area contributed by atoms with E-state index < -0.39 is 0 Å². The average Bonchev–Trinajstić information content (AvgIpc) is 2.26. The van der Waals surface area contributed by atoms with Crippen molar-refractivity contribution < 1.29 is 0 Å². The van der Waals surface area contributed by atoms with E-state index in [1.54, 1.807) is 0 Å². The topological polar surface area (TPSA) is 42.1 Å². The molecule has 3 nitrogen and oxygen atoms in total. The van der Waals surface area contributed by atoms with E-state index in [1.165, 1.54) is 10.9 Å². The summed E-state index contributed by atoms with van der Waals surface area (Å²) in [6, 6.07) is 10.5. The van der Waals surface area contributed by atoms with E-state index >= 15 is 0 Å². The molecule has 0 amide bonds. The van der Waals surface area contributed by atoms with Crippen LogP contribution < -0.4 is 5.73 Å². The molecule has 1 aromatic carbocycles. The van der Waals surface area contributed by atoms with E-state index in [2.05, 4.69) is 48.0 Å². The van der Waals surface area contributed by atoms with Gasteiger partial charge in [-0.25, -0.2) is 0 Å². The minimum Gasteiger partial charge on any atom is -0.323 e. The second-order valence-electron chi connectivity index (χ2n) is 5.74. The van der Waals surface area contributed by atoms with E-state index in [1.807, 2.05) is 6.07 Å². The van der Waals surface area contributed by atoms with Gasteiger partial charge < -0.3 is 5.73 Å². The second-order valence-corrected chi connectivity index (χ2v) is 5.74. The highest BCUT2D eigenvalue weighted by molar-refractivity contribution is 5.82. The third kappa shape index (κ3) is 2.11. The van der Waals surface area contributed by atoms with Gasteiger partial charge >= 0.3 is 0 Å². The molecule has 3 heteroatoms. The van der Waals surface area contributed by atoms with Crippen LogP contribution in [0.5, 0.6) is 0 Å². The number of para-hydroxylation sites is 1. The van der Waals surface area contributed by atoms with Crippen LogP contribution in [0.3, 0.4) is 0 Å². The number of likely N-dealkylation sites (tertiary alicyclic amines) is 1. The zero-order valence-electron chi connectivity index (χ0n) is 11.0. The van der Waals surface area contributed by atoms with Gasteiger partial charge in [0.25, 0.3) is 0 Å². The standard InChI is InChI=1S/C15H19N3/c1-11-7-12(8-18-9-15(2,16)10-18)13-5-3-4-6-14(13)17-11/h3-7H,8-10,16H2,1-2H3. The number of benzene rings is 1. The summed E-state index contributed by atoms with van der Waals surface area (Å²) in [5.41, 5.74) is 9.58. The number of pyridine rings is 1. The number of nitrogens with two attached hydrogens (primary N) is 1. The molecule has 1 aliphatic rings. The number of aromatic nitrogens is 1. The molecule has 3 rings (SSSR count). The van der Waals surface area contributed by atoms with Gasteiger partial charge in [-0.2, -0.15) is 0 Å². The van der Waals surface area contributed by atoms with E-state index in [0.29, 0.717) is 0 Å². The fraction of sp³-hybridized carbons (Fsp3) is 0.400. The van der Waals surface area contributed by atoms with Gasteiger partial charge in [0.05, 0.1) is 5.52 Å². The quantitative estimate of drug-likeness (QED) is 0.875. The SMILES string of the molecule is Cc1cc(CN2CC(C)(N)C2)c2ccccc2n1. The van der Waals surface area contributed by atoms with Crippen molar-refractivity contribution in [2.24, 2.45) is 5.73 Å². The Labute approximate surface area is 108 Å². The highest BCUT2D eigenvalue weighted by atomic mass is 15.2. The molecule has 0 radical (unpaired) electrons. The van der Waals surface area contributed by atoms with Crippen molar-refractivity contribution >= 4 is 10.9 Å². The van der Waals surface area contributed by atoms with Crippen molar-refractivity contribution in [2.45, 2.75) is 25.9 Å². The monoisotopic (exact) mass is 241 g/mol. The summed E-state index contributed by atoms with van der Waals surface area (Å²) < 4.78 is 0. The number of hydrogen-bond donors (Lipinski definition) is 1. The van der Waals surface area contributed by atoms with Crippen molar-refractivity contribution in [3.63, 3.8) is 0 Å². The Morgan fingerprint density at radius 3 is 2.78 bits per heavy atom. The number of rotatable bonds is 2. The van der Waals surface area contributed by atoms with Gasteiger partial charge in [0.1, 0.15) is 0 Å². The molecule has 1 saturated heterocycles. The summed E-state index contributed by atoms with van der Waals surface area (Å²) in [6.45, 7) is 7.08. The highest BCUT2D eigenvalue weighted by Gasteiger charge is 2.34. The maximum Gasteiger partial charge on any atom is 0.0708 e. The summed E-state index contributed by atoms with van der Waals surface area (Å²) in [6.07, 6.45) is 0. The summed E-state index contributed by atoms with van der Waals surface area (Å²) >= 11 is 0. The van der Waals surface area contributed by atoms with Gasteiger partial charge in [0.2, 0.25) is 0 Å². The molecule has 0 bridgehead atoms. The second kappa shape index (κ2) is 4.04. The lowest BCUT2D eigenvalue weighted by molar-refractivity contribution is 0.0768. The first-order valence-electron chi connectivity index (χ1n) is 6.40. The number of hydrogen-bond acceptors (Lipinski definition) is 3. The largest absolute Gasteiger partial charge is 0.323 e. The predicted molar refractivity (Wildman–Crippen MR) is 74.3 cm³/mol. The average molecular weight is 241 g/mol. The zero-order valence-corrected chi connectivity index (χ0v) is 11.0. The minimum absolute atomic E-state index is 0.00210. The number of nitrogens with zero attached hydrogens (tertiary/aromatic N) is 2. The minimum atomic E-state index is -0.00210. The third-order valence-corrected chi connectivity index (χ3v) is 3.49. The molecule has 0 aliphatic carbocycles. The molecule has 1 fully saturated rings. The van der Waals surface area contributed by atoms with Crippen molar-refractivity contribution in [3.05, 3.63) is 41.6 Å². The Hall–Kier alpha value is -1.45. The first kappa shape index (κ1) is 11.6. The maximum absolute atomic E-state index is 6.05. The van der Waals surface area contributed by atoms with Crippen LogP contribution in [-0.4, -0.2) is 28.5 Å². The summed E-state index contributed by atoms with van der Waals surface area (Å²) in [7, 11) is 0. The molecule has 0 atom stereocenters. The van der Waals surface area contributed by atoms with Gasteiger partial charge in [0, 0.05) is 36.3 Å². The van der Waals surface area contributed by atoms with Crippen molar-refractivity contribution in [1.29, 1.82) is 0 Å². The molecule has 2 N–H and O–H groups in total. The van der Waals surface area contributed by atoms with Gasteiger partial charge in [-0.1, -0.05) is 18.2 Å². The van der Waals surface area contributed by atoms with Crippen molar-refractivity contribution in [2.75, 3.05) is 13.1 Å². The van der Waals surface area contributed by atoms with Crippen LogP contribution in [-0.2, 0) is 6.54 Å². The molecule has 2 heterocycles. The van der Waals surface area contributed by atoms with Crippen LogP contribution in [0.1, 0.15) is 18.2 Å². The normalized spacial score (nSPS) is 18.8. The van der Waals surface area contributed by atoms with Crippen molar-refractivity contribution in [1.82, 2.24) is 9.88 Å². The van der Waals surface area contributed by atoms with Gasteiger partial charge in [0.15, 0.2) is 0 Å². The highest BCUT2D eigenvalue weighted by Crippen LogP contribution is 2.24. The van der Waals surface area contributed by atoms with Crippen LogP contribution in [0.2, 0.25) is 0 Å². The Morgan fingerprint density at radius 1 is 1.33 bits per heavy atom. The van der Waals surface area contributed by atoms with Gasteiger partial charge in [-0.05, 0) is 31.5 Å². The van der Waals surface area contributed by atoms with Crippen LogP contribution in [0.4, 0.5) is 0 Å². The van der Waals surface area contributed by atoms with Crippen LogP contribution in [0.25, 0.3) is 10.9 Å². The first-order chi connectivity index (χ1) is 8.53. The molecule has 0 unspecified atom stereocenters. The van der Waals surface area contributed by atoms with E-state index in [4.69, 9.17) is 5.73 Å². The lowest BCUT2D eigenvalue weighted by Gasteiger charge is -2.45. The van der Waals surface area contributed by atoms with E-state index in [0.717, 1.165) is 30.8 Å². The van der Waals surface area contributed by atoms with Crippen LogP contribution in [0.15, 0.2) is 30.3 Å². The molecule has 18 heavy (non-hydrogen) atoms. The van der Waals surface area contributed by atoms with Gasteiger partial charge in [-0.3, -0.25) is 9.88 Å². The summed E-state index contributed by atoms with van der Waals surface area (Å²) in [5, 5.41) is 1.26. The molecule has 1 aliphatic heterocycles. The summed E-state index contributed by atoms with van der Waals surface area (Å²) in [4.78, 5) is 6.96. The molecular formula is C15H19N3. The van der Waals surface area contributed by atoms with E-state index in [-0.39, 0.29) is 5.54 Å². The van der Waals surface area contributed by atoms with Crippen LogP contribution >= 0.6 is 0 Å². The van der Waals surface area contributed by atoms with Crippen LogP contribution in [0, 0.1) is 6.92 Å². The Kier molecular flexibility index (Phi) is 2.61. The molecule has 2 aromatic rings.